The van der Waals surface area contributed by atoms with Crippen molar-refractivity contribution in [3.05, 3.63) is 18.0 Å². The third-order valence-electron chi connectivity index (χ3n) is 4.41. The zero-order chi connectivity index (χ0) is 18.4. The van der Waals surface area contributed by atoms with E-state index in [1.54, 1.807) is 13.0 Å². The second kappa shape index (κ2) is 6.03. The van der Waals surface area contributed by atoms with Crippen molar-refractivity contribution < 1.29 is 36.3 Å². The number of urea groups is 1. The lowest BCUT2D eigenvalue weighted by Gasteiger charge is -2.36. The number of aromatic amines is 1. The van der Waals surface area contributed by atoms with Crippen LogP contribution in [-0.2, 0) is 24.3 Å². The second-order valence-corrected chi connectivity index (χ2v) is 7.00. The molecule has 3 rings (SSSR count). The Balaban J connectivity index is 1.96. The van der Waals surface area contributed by atoms with Gasteiger partial charge in [-0.1, -0.05) is 4.65 Å². The Labute approximate surface area is 142 Å². The molecule has 0 radical (unpaired) electrons. The van der Waals surface area contributed by atoms with E-state index in [-0.39, 0.29) is 19.4 Å². The highest BCUT2D eigenvalue weighted by Crippen LogP contribution is 2.40. The molecule has 3 heterocycles. The predicted molar refractivity (Wildman–Crippen MR) is 79.1 cm³/mol. The fourth-order valence-corrected chi connectivity index (χ4v) is 3.74. The smallest absolute Gasteiger partial charge is 0.364 e. The van der Waals surface area contributed by atoms with Gasteiger partial charge >= 0.3 is 16.4 Å². The van der Waals surface area contributed by atoms with E-state index in [0.29, 0.717) is 10.8 Å². The molecule has 138 valence electrons. The van der Waals surface area contributed by atoms with Crippen molar-refractivity contribution in [2.45, 2.75) is 38.0 Å². The number of hydrogen-bond donors (Lipinski definition) is 3. The van der Waals surface area contributed by atoms with Crippen LogP contribution in [-0.4, -0.2) is 63.4 Å². The molecule has 0 aliphatic carbocycles. The van der Waals surface area contributed by atoms with Crippen LogP contribution >= 0.6 is 0 Å². The number of primary amides is 1. The summed E-state index contributed by atoms with van der Waals surface area (Å²) in [4.78, 5) is 30.6. The van der Waals surface area contributed by atoms with Crippen LogP contribution in [0.1, 0.15) is 31.6 Å². The Morgan fingerprint density at radius 1 is 1.56 bits per heavy atom. The van der Waals surface area contributed by atoms with Gasteiger partial charge in [-0.3, -0.25) is 14.4 Å². The second-order valence-electron chi connectivity index (χ2n) is 6.00. The van der Waals surface area contributed by atoms with Gasteiger partial charge in [0, 0.05) is 12.6 Å². The number of aromatic nitrogens is 2. The Bertz CT molecular complexity index is 782. The number of fused-ring (bicyclic) bond motifs is 2. The van der Waals surface area contributed by atoms with Gasteiger partial charge in [-0.2, -0.15) is 18.4 Å². The summed E-state index contributed by atoms with van der Waals surface area (Å²) in [5.74, 6) is -0.752. The topological polar surface area (TPSA) is 165 Å². The summed E-state index contributed by atoms with van der Waals surface area (Å²) in [5.41, 5.74) is 5.99. The number of hydrogen-bond acceptors (Lipinski definition) is 7. The fraction of sp³-hybridized carbons (Fsp3) is 0.583. The molecular weight excluding hydrogens is 358 g/mol. The third-order valence-corrected chi connectivity index (χ3v) is 4.76. The van der Waals surface area contributed by atoms with Gasteiger partial charge in [-0.05, 0) is 19.4 Å². The molecule has 1 aromatic heterocycles. The molecule has 2 aliphatic heterocycles. The monoisotopic (exact) mass is 376 g/mol. The first-order valence-corrected chi connectivity index (χ1v) is 8.86. The molecule has 2 aliphatic rings. The largest absolute Gasteiger partial charge is 0.477 e. The maximum Gasteiger partial charge on any atom is 0.477 e. The Hall–Kier alpha value is -2.06. The lowest BCUT2D eigenvalue weighted by Crippen LogP contribution is -2.63. The molecule has 2 bridgehead atoms. The summed E-state index contributed by atoms with van der Waals surface area (Å²) in [7, 11) is -4.91. The zero-order valence-electron chi connectivity index (χ0n) is 13.2. The van der Waals surface area contributed by atoms with E-state index >= 15 is 0 Å². The molecule has 3 amide bonds. The molecule has 2 fully saturated rings. The van der Waals surface area contributed by atoms with E-state index in [9.17, 15) is 18.0 Å². The van der Waals surface area contributed by atoms with Gasteiger partial charge in [-0.25, -0.2) is 4.79 Å². The molecule has 12 nitrogen and oxygen atoms in total. The number of rotatable bonds is 6. The summed E-state index contributed by atoms with van der Waals surface area (Å²) in [6.07, 6.45) is 1.31. The summed E-state index contributed by atoms with van der Waals surface area (Å²) in [6, 6.07) is -0.977. The Morgan fingerprint density at radius 2 is 2.28 bits per heavy atom. The third kappa shape index (κ3) is 3.11. The van der Waals surface area contributed by atoms with E-state index in [1.165, 1.54) is 6.20 Å². The van der Waals surface area contributed by atoms with Gasteiger partial charge in [0.1, 0.15) is 12.6 Å². The normalized spacial score (nSPS) is 30.5. The molecule has 4 atom stereocenters. The Kier molecular flexibility index (Phi) is 4.28. The number of nitrogens with two attached hydrogens (primary N) is 1. The van der Waals surface area contributed by atoms with Crippen LogP contribution in [0.3, 0.4) is 0 Å². The van der Waals surface area contributed by atoms with Gasteiger partial charge in [0.05, 0.1) is 5.69 Å². The number of nitrogens with one attached hydrogen (secondary N) is 1. The number of carbonyl (C=O) groups is 2. The fourth-order valence-electron chi connectivity index (χ4n) is 3.35. The molecule has 2 saturated heterocycles. The molecule has 0 saturated carbocycles. The number of piperidine rings is 1. The number of hydroxylamine groups is 5. The number of amides is 3. The van der Waals surface area contributed by atoms with Crippen LogP contribution in [0.15, 0.2) is 12.3 Å². The van der Waals surface area contributed by atoms with Gasteiger partial charge in [0.25, 0.3) is 5.91 Å². The maximum absolute atomic E-state index is 12.8. The average molecular weight is 376 g/mol. The lowest BCUT2D eigenvalue weighted by molar-refractivity contribution is -1.06. The zero-order valence-corrected chi connectivity index (χ0v) is 14.0. The first kappa shape index (κ1) is 17.8. The number of H-pyrrole nitrogens is 1. The minimum atomic E-state index is -4.91. The summed E-state index contributed by atoms with van der Waals surface area (Å²) >= 11 is 0. The average Bonchev–Trinajstić information content (AvgIpc) is 3.10. The Morgan fingerprint density at radius 3 is 2.84 bits per heavy atom. The highest BCUT2D eigenvalue weighted by atomic mass is 32.3. The van der Waals surface area contributed by atoms with Crippen molar-refractivity contribution in [2.24, 2.45) is 5.73 Å². The van der Waals surface area contributed by atoms with E-state index in [2.05, 4.69) is 14.5 Å². The molecular formula is C12H18N5O7S+. The quantitative estimate of drug-likeness (QED) is 0.437. The highest BCUT2D eigenvalue weighted by molar-refractivity contribution is 7.80. The maximum atomic E-state index is 12.8. The van der Waals surface area contributed by atoms with Crippen molar-refractivity contribution in [3.8, 4) is 0 Å². The van der Waals surface area contributed by atoms with Crippen molar-refractivity contribution in [2.75, 3.05) is 6.54 Å². The number of nitrogens with zero attached hydrogens (tertiary/aromatic N) is 3. The molecule has 4 N–H and O–H groups in total. The van der Waals surface area contributed by atoms with Crippen LogP contribution in [0.5, 0.6) is 0 Å². The first-order chi connectivity index (χ1) is 11.6. The van der Waals surface area contributed by atoms with Crippen molar-refractivity contribution >= 4 is 22.3 Å². The lowest BCUT2D eigenvalue weighted by atomic mass is 10.00. The van der Waals surface area contributed by atoms with E-state index in [1.807, 2.05) is 0 Å². The van der Waals surface area contributed by atoms with E-state index in [4.69, 9.17) is 15.1 Å². The summed E-state index contributed by atoms with van der Waals surface area (Å²) in [5, 5.41) is 7.03. The molecule has 0 aromatic carbocycles. The van der Waals surface area contributed by atoms with Crippen LogP contribution in [0.2, 0.25) is 0 Å². The molecule has 2 unspecified atom stereocenters. The molecule has 0 spiro atoms. The SMILES string of the molecule is CC(O[N+]12C[C@@H](CC[C@H]1C(N)=O)N(OS(=O)(=O)O)C2=O)c1ccn[nH]1. The van der Waals surface area contributed by atoms with Crippen LogP contribution < -0.4 is 5.73 Å². The van der Waals surface area contributed by atoms with Gasteiger partial charge in [-0.15, -0.1) is 9.35 Å². The van der Waals surface area contributed by atoms with Gasteiger partial charge < -0.3 is 5.73 Å². The predicted octanol–water partition coefficient (Wildman–Crippen LogP) is -0.595. The van der Waals surface area contributed by atoms with Crippen molar-refractivity contribution in [3.63, 3.8) is 0 Å². The summed E-state index contributed by atoms with van der Waals surface area (Å²) < 4.78 is 34.5. The van der Waals surface area contributed by atoms with Crippen molar-refractivity contribution in [1.82, 2.24) is 15.3 Å². The van der Waals surface area contributed by atoms with Crippen LogP contribution in [0.25, 0.3) is 0 Å². The van der Waals surface area contributed by atoms with Crippen molar-refractivity contribution in [1.29, 1.82) is 0 Å². The number of quaternary nitrogens is 1. The van der Waals surface area contributed by atoms with E-state index in [0.717, 1.165) is 0 Å². The van der Waals surface area contributed by atoms with Crippen LogP contribution in [0.4, 0.5) is 4.79 Å². The standard InChI is InChI=1S/C12H17N5O7S/c1-7(9-4-5-14-15-9)23-17-6-8(2-3-10(17)11(13)18)16(12(17)19)24-25(20,21)22/h4-5,7-8,10H,2-3,6H2,1H3,(H3-,13,14,15,18,20,21,22)/p+1/t7?,8-,10+,17?/m1/s1. The summed E-state index contributed by atoms with van der Waals surface area (Å²) in [6.45, 7) is 1.60. The minimum absolute atomic E-state index is 0.0412. The first-order valence-electron chi connectivity index (χ1n) is 7.49. The van der Waals surface area contributed by atoms with E-state index < -0.39 is 45.2 Å². The number of carbonyl (C=O) groups excluding carboxylic acids is 2. The highest BCUT2D eigenvalue weighted by Gasteiger charge is 2.66. The van der Waals surface area contributed by atoms with Gasteiger partial charge in [0.15, 0.2) is 6.10 Å². The minimum Gasteiger partial charge on any atom is -0.364 e. The molecule has 13 heteroatoms. The van der Waals surface area contributed by atoms with Crippen LogP contribution in [0, 0.1) is 0 Å². The van der Waals surface area contributed by atoms with Gasteiger partial charge in [0.2, 0.25) is 6.04 Å². The molecule has 1 aromatic rings. The molecule has 25 heavy (non-hydrogen) atoms.